The smallest absolute Gasteiger partial charge is 0.274 e. The number of rotatable bonds is 3. The average Bonchev–Trinajstić information content (AvgIpc) is 3.37. The zero-order valence-corrected chi connectivity index (χ0v) is 17.3. The van der Waals surface area contributed by atoms with Crippen molar-refractivity contribution in [2.45, 2.75) is 38.1 Å². The largest absolute Gasteiger partial charge is 0.347 e. The molecule has 31 heavy (non-hydrogen) atoms. The normalized spacial score (nSPS) is 20.7. The van der Waals surface area contributed by atoms with Gasteiger partial charge in [-0.15, -0.1) is 0 Å². The maximum absolute atomic E-state index is 13.5. The number of aryl methyl sites for hydroxylation is 1. The maximum atomic E-state index is 13.5. The molecule has 1 aromatic carbocycles. The van der Waals surface area contributed by atoms with Crippen LogP contribution in [0.4, 0.5) is 4.39 Å². The molecule has 2 saturated heterocycles. The molecule has 2 aromatic rings. The number of carbonyl (C=O) groups is 2. The molecule has 0 saturated carbocycles. The number of likely N-dealkylation sites (tertiary alicyclic amines) is 1. The molecular weight excluding hydrogens is 403 g/mol. The Bertz CT molecular complexity index is 991. The molecule has 0 aliphatic carbocycles. The number of halogens is 1. The number of carbonyl (C=O) groups excluding carboxylic acids is 2. The van der Waals surface area contributed by atoms with Crippen molar-refractivity contribution < 1.29 is 23.5 Å². The Hall–Kier alpha value is -2.78. The number of fused-ring (bicyclic) bond motifs is 1. The molecular formula is C22H25FN4O4. The van der Waals surface area contributed by atoms with Crippen LogP contribution in [0.5, 0.6) is 0 Å². The van der Waals surface area contributed by atoms with Gasteiger partial charge >= 0.3 is 0 Å². The van der Waals surface area contributed by atoms with Crippen molar-refractivity contribution in [3.63, 3.8) is 0 Å². The van der Waals surface area contributed by atoms with E-state index in [4.69, 9.17) is 9.47 Å². The average molecular weight is 428 g/mol. The van der Waals surface area contributed by atoms with Gasteiger partial charge in [0.15, 0.2) is 11.5 Å². The molecule has 0 radical (unpaired) electrons. The quantitative estimate of drug-likeness (QED) is 0.748. The van der Waals surface area contributed by atoms with Crippen LogP contribution >= 0.6 is 0 Å². The van der Waals surface area contributed by atoms with Gasteiger partial charge in [-0.3, -0.25) is 14.3 Å². The van der Waals surface area contributed by atoms with E-state index in [1.54, 1.807) is 32.7 Å². The first-order valence-corrected chi connectivity index (χ1v) is 10.7. The first-order chi connectivity index (χ1) is 15.0. The van der Waals surface area contributed by atoms with E-state index in [-0.39, 0.29) is 23.3 Å². The Morgan fingerprint density at radius 3 is 2.61 bits per heavy atom. The summed E-state index contributed by atoms with van der Waals surface area (Å²) in [6.45, 7) is 3.67. The summed E-state index contributed by atoms with van der Waals surface area (Å²) in [5.41, 5.74) is 1.41. The van der Waals surface area contributed by atoms with Crippen molar-refractivity contribution in [1.29, 1.82) is 0 Å². The van der Waals surface area contributed by atoms with Gasteiger partial charge in [-0.1, -0.05) is 12.1 Å². The van der Waals surface area contributed by atoms with E-state index in [1.165, 1.54) is 12.1 Å². The molecule has 2 fully saturated rings. The molecule has 5 rings (SSSR count). The minimum absolute atomic E-state index is 0.182. The predicted molar refractivity (Wildman–Crippen MR) is 108 cm³/mol. The van der Waals surface area contributed by atoms with Gasteiger partial charge in [0, 0.05) is 51.6 Å². The van der Waals surface area contributed by atoms with Gasteiger partial charge in [0.2, 0.25) is 0 Å². The Morgan fingerprint density at radius 1 is 1.10 bits per heavy atom. The monoisotopic (exact) mass is 428 g/mol. The molecule has 2 amide bonds. The van der Waals surface area contributed by atoms with Crippen LogP contribution in [0.15, 0.2) is 30.3 Å². The van der Waals surface area contributed by atoms with Crippen LogP contribution in [0, 0.1) is 5.82 Å². The molecule has 164 valence electrons. The van der Waals surface area contributed by atoms with Crippen LogP contribution < -0.4 is 0 Å². The molecule has 3 aliphatic heterocycles. The minimum Gasteiger partial charge on any atom is -0.347 e. The number of piperidine rings is 1. The first-order valence-electron chi connectivity index (χ1n) is 10.7. The number of ether oxygens (including phenoxy) is 2. The standard InChI is InChI=1S/C22H25FN4O4/c23-17-4-1-3-16(13-17)15-26-7-2-8-27-19(21(26)29)14-18(24-27)20(28)25-9-5-22(6-10-25)30-11-12-31-22/h1,3-4,13-14H,2,5-12,15H2. The Labute approximate surface area is 179 Å². The van der Waals surface area contributed by atoms with Gasteiger partial charge in [-0.2, -0.15) is 5.10 Å². The highest BCUT2D eigenvalue weighted by Gasteiger charge is 2.41. The summed E-state index contributed by atoms with van der Waals surface area (Å²) < 4.78 is 26.6. The molecule has 9 heteroatoms. The number of benzene rings is 1. The predicted octanol–water partition coefficient (Wildman–Crippen LogP) is 2.05. The maximum Gasteiger partial charge on any atom is 0.274 e. The fourth-order valence-electron chi connectivity index (χ4n) is 4.54. The van der Waals surface area contributed by atoms with E-state index in [0.717, 1.165) is 5.56 Å². The molecule has 8 nitrogen and oxygen atoms in total. The summed E-state index contributed by atoms with van der Waals surface area (Å²) in [5.74, 6) is -1.25. The van der Waals surface area contributed by atoms with Gasteiger partial charge in [0.05, 0.1) is 13.2 Å². The minimum atomic E-state index is -0.546. The third-order valence-electron chi connectivity index (χ3n) is 6.19. The van der Waals surface area contributed by atoms with Crippen molar-refractivity contribution >= 4 is 11.8 Å². The van der Waals surface area contributed by atoms with E-state index in [9.17, 15) is 14.0 Å². The lowest BCUT2D eigenvalue weighted by molar-refractivity contribution is -0.181. The number of amides is 2. The highest BCUT2D eigenvalue weighted by molar-refractivity contribution is 5.98. The third-order valence-corrected chi connectivity index (χ3v) is 6.19. The van der Waals surface area contributed by atoms with Crippen LogP contribution in [0.25, 0.3) is 0 Å². The van der Waals surface area contributed by atoms with E-state index >= 15 is 0 Å². The van der Waals surface area contributed by atoms with Gasteiger partial charge in [-0.05, 0) is 24.1 Å². The van der Waals surface area contributed by atoms with Gasteiger partial charge in [-0.25, -0.2) is 4.39 Å². The molecule has 0 unspecified atom stereocenters. The van der Waals surface area contributed by atoms with Crippen molar-refractivity contribution in [2.75, 3.05) is 32.8 Å². The van der Waals surface area contributed by atoms with E-state index in [0.29, 0.717) is 70.9 Å². The zero-order chi connectivity index (χ0) is 21.4. The van der Waals surface area contributed by atoms with Crippen molar-refractivity contribution in [2.24, 2.45) is 0 Å². The van der Waals surface area contributed by atoms with Gasteiger partial charge in [0.1, 0.15) is 11.5 Å². The fourth-order valence-corrected chi connectivity index (χ4v) is 4.54. The third kappa shape index (κ3) is 3.95. The van der Waals surface area contributed by atoms with Crippen LogP contribution in [0.1, 0.15) is 45.8 Å². The lowest BCUT2D eigenvalue weighted by Gasteiger charge is -2.37. The molecule has 0 atom stereocenters. The Morgan fingerprint density at radius 2 is 1.87 bits per heavy atom. The lowest BCUT2D eigenvalue weighted by Crippen LogP contribution is -2.47. The van der Waals surface area contributed by atoms with Crippen molar-refractivity contribution in [3.05, 3.63) is 53.1 Å². The number of aromatic nitrogens is 2. The number of nitrogens with zero attached hydrogens (tertiary/aromatic N) is 4. The van der Waals surface area contributed by atoms with Crippen molar-refractivity contribution in [1.82, 2.24) is 19.6 Å². The van der Waals surface area contributed by atoms with E-state index < -0.39 is 5.79 Å². The van der Waals surface area contributed by atoms with Crippen LogP contribution in [0.3, 0.4) is 0 Å². The summed E-state index contributed by atoms with van der Waals surface area (Å²) in [6.07, 6.45) is 1.98. The van der Waals surface area contributed by atoms with Crippen molar-refractivity contribution in [3.8, 4) is 0 Å². The first kappa shape index (κ1) is 20.1. The molecule has 3 aliphatic rings. The topological polar surface area (TPSA) is 76.9 Å². The fraction of sp³-hybridized carbons (Fsp3) is 0.500. The highest BCUT2D eigenvalue weighted by Crippen LogP contribution is 2.31. The van der Waals surface area contributed by atoms with Crippen LogP contribution in [0.2, 0.25) is 0 Å². The number of hydrogen-bond acceptors (Lipinski definition) is 5. The lowest BCUT2D eigenvalue weighted by atomic mass is 10.0. The molecule has 1 aromatic heterocycles. The van der Waals surface area contributed by atoms with Crippen LogP contribution in [-0.2, 0) is 22.6 Å². The second-order valence-electron chi connectivity index (χ2n) is 8.25. The summed E-state index contributed by atoms with van der Waals surface area (Å²) in [7, 11) is 0. The highest BCUT2D eigenvalue weighted by atomic mass is 19.1. The summed E-state index contributed by atoms with van der Waals surface area (Å²) >= 11 is 0. The van der Waals surface area contributed by atoms with Gasteiger partial charge in [0.25, 0.3) is 11.8 Å². The summed E-state index contributed by atoms with van der Waals surface area (Å²) in [5, 5.41) is 4.44. The number of hydrogen-bond donors (Lipinski definition) is 0. The SMILES string of the molecule is O=C(c1cc2n(n1)CCCN(Cc1cccc(F)c1)C2=O)N1CCC2(CC1)OCCO2. The van der Waals surface area contributed by atoms with Gasteiger partial charge < -0.3 is 19.3 Å². The molecule has 0 bridgehead atoms. The second-order valence-corrected chi connectivity index (χ2v) is 8.25. The Kier molecular flexibility index (Phi) is 5.23. The zero-order valence-electron chi connectivity index (χ0n) is 17.3. The molecule has 4 heterocycles. The second kappa shape index (κ2) is 8.05. The van der Waals surface area contributed by atoms with E-state index in [2.05, 4.69) is 5.10 Å². The Balaban J connectivity index is 1.30. The molecule has 1 spiro atoms. The summed E-state index contributed by atoms with van der Waals surface area (Å²) in [6, 6.07) is 7.84. The van der Waals surface area contributed by atoms with E-state index in [1.807, 2.05) is 0 Å². The summed E-state index contributed by atoms with van der Waals surface area (Å²) in [4.78, 5) is 29.6. The van der Waals surface area contributed by atoms with Crippen LogP contribution in [-0.4, -0.2) is 70.0 Å². The molecule has 0 N–H and O–H groups in total.